The second kappa shape index (κ2) is 9.21. The lowest BCUT2D eigenvalue weighted by molar-refractivity contribution is -0.121. The third-order valence-electron chi connectivity index (χ3n) is 4.56. The molecule has 0 radical (unpaired) electrons. The summed E-state index contributed by atoms with van der Waals surface area (Å²) < 4.78 is 0.877. The van der Waals surface area contributed by atoms with Crippen molar-refractivity contribution in [3.05, 3.63) is 28.2 Å². The lowest BCUT2D eigenvalue weighted by Crippen LogP contribution is -2.38. The minimum absolute atomic E-state index is 0.0383. The Morgan fingerprint density at radius 1 is 1.21 bits per heavy atom. The normalized spacial score (nSPS) is 15.6. The molecule has 1 fully saturated rings. The van der Waals surface area contributed by atoms with Gasteiger partial charge in [-0.3, -0.25) is 9.59 Å². The summed E-state index contributed by atoms with van der Waals surface area (Å²) in [5, 5.41) is 3.14. The smallest absolute Gasteiger partial charge is 0.223 e. The number of nitrogens with zero attached hydrogens (tertiary/aromatic N) is 1. The first-order chi connectivity index (χ1) is 11.5. The number of hydrogen-bond donors (Lipinski definition) is 1. The van der Waals surface area contributed by atoms with E-state index in [0.29, 0.717) is 19.0 Å². The van der Waals surface area contributed by atoms with Crippen molar-refractivity contribution in [1.82, 2.24) is 5.32 Å². The van der Waals surface area contributed by atoms with E-state index in [1.165, 1.54) is 32.6 Å². The number of carbonyl (C=O) groups is 2. The molecule has 1 aliphatic carbocycles. The second-order valence-corrected chi connectivity index (χ2v) is 7.49. The maximum atomic E-state index is 12.3. The third-order valence-corrected chi connectivity index (χ3v) is 5.19. The maximum absolute atomic E-state index is 12.3. The molecule has 2 amide bonds. The van der Waals surface area contributed by atoms with Crippen LogP contribution in [0.5, 0.6) is 0 Å². The van der Waals surface area contributed by atoms with Gasteiger partial charge >= 0.3 is 0 Å². The summed E-state index contributed by atoms with van der Waals surface area (Å²) in [6.07, 6.45) is 7.41. The van der Waals surface area contributed by atoms with E-state index >= 15 is 0 Å². The number of halogens is 1. The maximum Gasteiger partial charge on any atom is 0.223 e. The Morgan fingerprint density at radius 2 is 1.88 bits per heavy atom. The fraction of sp³-hybridized carbons (Fsp3) is 0.579. The minimum Gasteiger partial charge on any atom is -0.353 e. The van der Waals surface area contributed by atoms with Crippen LogP contribution in [-0.4, -0.2) is 24.4 Å². The van der Waals surface area contributed by atoms with Gasteiger partial charge in [-0.05, 0) is 53.4 Å². The van der Waals surface area contributed by atoms with E-state index in [1.54, 1.807) is 4.90 Å². The molecule has 1 saturated carbocycles. The summed E-state index contributed by atoms with van der Waals surface area (Å²) in [4.78, 5) is 25.9. The van der Waals surface area contributed by atoms with Crippen molar-refractivity contribution < 1.29 is 9.59 Å². The first kappa shape index (κ1) is 19.0. The molecule has 0 saturated heterocycles. The predicted molar refractivity (Wildman–Crippen MR) is 101 cm³/mol. The molecule has 1 aliphatic rings. The number of carbonyl (C=O) groups excluding carboxylic acids is 2. The average molecular weight is 395 g/mol. The molecule has 0 aliphatic heterocycles. The Kier molecular flexibility index (Phi) is 7.28. The molecule has 1 aromatic rings. The second-order valence-electron chi connectivity index (χ2n) is 6.63. The zero-order chi connectivity index (χ0) is 17.5. The molecule has 5 heteroatoms. The van der Waals surface area contributed by atoms with Crippen molar-refractivity contribution in [2.75, 3.05) is 11.4 Å². The minimum atomic E-state index is -0.0539. The van der Waals surface area contributed by atoms with Crippen LogP contribution in [0.15, 0.2) is 22.7 Å². The van der Waals surface area contributed by atoms with Gasteiger partial charge in [0.15, 0.2) is 0 Å². The van der Waals surface area contributed by atoms with Crippen molar-refractivity contribution in [2.24, 2.45) is 0 Å². The van der Waals surface area contributed by atoms with E-state index in [0.717, 1.165) is 28.6 Å². The standard InChI is InChI=1S/C19H27BrN2O2/c1-14-9-10-18(17(20)13-14)22(15(2)23)12-11-19(24)21-16-7-5-3-4-6-8-16/h9-10,13,16H,3-8,11-12H2,1-2H3,(H,21,24). The van der Waals surface area contributed by atoms with Crippen LogP contribution in [-0.2, 0) is 9.59 Å². The molecule has 0 heterocycles. The Morgan fingerprint density at radius 3 is 2.46 bits per heavy atom. The van der Waals surface area contributed by atoms with Gasteiger partial charge < -0.3 is 10.2 Å². The monoisotopic (exact) mass is 394 g/mol. The van der Waals surface area contributed by atoms with Gasteiger partial charge in [0.25, 0.3) is 0 Å². The number of anilines is 1. The lowest BCUT2D eigenvalue weighted by atomic mass is 10.1. The van der Waals surface area contributed by atoms with Crippen LogP contribution in [0.4, 0.5) is 5.69 Å². The van der Waals surface area contributed by atoms with Gasteiger partial charge in [0.2, 0.25) is 11.8 Å². The molecule has 0 aromatic heterocycles. The molecule has 24 heavy (non-hydrogen) atoms. The van der Waals surface area contributed by atoms with Crippen molar-refractivity contribution in [3.63, 3.8) is 0 Å². The van der Waals surface area contributed by atoms with Crippen LogP contribution < -0.4 is 10.2 Å². The first-order valence-electron chi connectivity index (χ1n) is 8.81. The molecular formula is C19H27BrN2O2. The van der Waals surface area contributed by atoms with E-state index in [4.69, 9.17) is 0 Å². The summed E-state index contributed by atoms with van der Waals surface area (Å²) in [5.41, 5.74) is 1.94. The number of benzene rings is 1. The van der Waals surface area contributed by atoms with Crippen LogP contribution in [0, 0.1) is 6.92 Å². The molecular weight excluding hydrogens is 368 g/mol. The molecule has 0 bridgehead atoms. The molecule has 4 nitrogen and oxygen atoms in total. The van der Waals surface area contributed by atoms with Crippen molar-refractivity contribution in [1.29, 1.82) is 0 Å². The van der Waals surface area contributed by atoms with E-state index in [1.807, 2.05) is 25.1 Å². The number of nitrogens with one attached hydrogen (secondary N) is 1. The molecule has 0 spiro atoms. The Balaban J connectivity index is 1.93. The molecule has 2 rings (SSSR count). The quantitative estimate of drug-likeness (QED) is 0.754. The zero-order valence-electron chi connectivity index (χ0n) is 14.6. The fourth-order valence-corrected chi connectivity index (χ4v) is 3.92. The third kappa shape index (κ3) is 5.62. The van der Waals surface area contributed by atoms with Crippen molar-refractivity contribution in [2.45, 2.75) is 64.8 Å². The molecule has 1 aromatic carbocycles. The number of amides is 2. The zero-order valence-corrected chi connectivity index (χ0v) is 16.2. The first-order valence-corrected chi connectivity index (χ1v) is 9.60. The fourth-order valence-electron chi connectivity index (χ4n) is 3.22. The van der Waals surface area contributed by atoms with Crippen LogP contribution >= 0.6 is 15.9 Å². The van der Waals surface area contributed by atoms with Gasteiger partial charge in [0, 0.05) is 30.4 Å². The topological polar surface area (TPSA) is 49.4 Å². The van der Waals surface area contributed by atoms with E-state index in [9.17, 15) is 9.59 Å². The molecule has 132 valence electrons. The van der Waals surface area contributed by atoms with E-state index in [-0.39, 0.29) is 11.8 Å². The SMILES string of the molecule is CC(=O)N(CCC(=O)NC1CCCCCC1)c1ccc(C)cc1Br. The Labute approximate surface area is 153 Å². The molecule has 0 unspecified atom stereocenters. The highest BCUT2D eigenvalue weighted by Crippen LogP contribution is 2.27. The van der Waals surface area contributed by atoms with Gasteiger partial charge in [0.05, 0.1) is 5.69 Å². The van der Waals surface area contributed by atoms with Crippen molar-refractivity contribution >= 4 is 33.4 Å². The van der Waals surface area contributed by atoms with E-state index < -0.39 is 0 Å². The molecule has 1 N–H and O–H groups in total. The number of aryl methyl sites for hydroxylation is 1. The highest BCUT2D eigenvalue weighted by atomic mass is 79.9. The number of rotatable bonds is 5. The van der Waals surface area contributed by atoms with Gasteiger partial charge in [0.1, 0.15) is 0 Å². The summed E-state index contributed by atoms with van der Waals surface area (Å²) in [5.74, 6) is -0.0156. The number of hydrogen-bond acceptors (Lipinski definition) is 2. The van der Waals surface area contributed by atoms with E-state index in [2.05, 4.69) is 21.2 Å². The van der Waals surface area contributed by atoms with Crippen LogP contribution in [0.2, 0.25) is 0 Å². The van der Waals surface area contributed by atoms with Gasteiger partial charge in [-0.15, -0.1) is 0 Å². The Bertz CT molecular complexity index is 581. The largest absolute Gasteiger partial charge is 0.353 e. The van der Waals surface area contributed by atoms with Gasteiger partial charge in [-0.2, -0.15) is 0 Å². The van der Waals surface area contributed by atoms with Crippen molar-refractivity contribution in [3.8, 4) is 0 Å². The van der Waals surface area contributed by atoms with Crippen LogP contribution in [0.3, 0.4) is 0 Å². The molecule has 0 atom stereocenters. The summed E-state index contributed by atoms with van der Waals surface area (Å²) in [6.45, 7) is 3.94. The predicted octanol–water partition coefficient (Wildman–Crippen LogP) is 4.34. The highest BCUT2D eigenvalue weighted by molar-refractivity contribution is 9.10. The summed E-state index contributed by atoms with van der Waals surface area (Å²) in [7, 11) is 0. The summed E-state index contributed by atoms with van der Waals surface area (Å²) >= 11 is 3.52. The summed E-state index contributed by atoms with van der Waals surface area (Å²) in [6, 6.07) is 6.18. The van der Waals surface area contributed by atoms with Crippen LogP contribution in [0.1, 0.15) is 57.4 Å². The van der Waals surface area contributed by atoms with Gasteiger partial charge in [-0.1, -0.05) is 31.7 Å². The Hall–Kier alpha value is -1.36. The van der Waals surface area contributed by atoms with Gasteiger partial charge in [-0.25, -0.2) is 0 Å². The highest BCUT2D eigenvalue weighted by Gasteiger charge is 2.18. The lowest BCUT2D eigenvalue weighted by Gasteiger charge is -2.23. The van der Waals surface area contributed by atoms with Crippen LogP contribution in [0.25, 0.3) is 0 Å². The average Bonchev–Trinajstić information content (AvgIpc) is 2.77.